The number of hydrogen-bond donors (Lipinski definition) is 1. The van der Waals surface area contributed by atoms with Crippen LogP contribution in [-0.4, -0.2) is 4.98 Å². The number of nitrogens with one attached hydrogen (secondary N) is 1. The molecule has 0 radical (unpaired) electrons. The molecule has 0 bridgehead atoms. The zero-order chi connectivity index (χ0) is 15.7. The van der Waals surface area contributed by atoms with Crippen LogP contribution in [0.4, 0.5) is 0 Å². The zero-order valence-electron chi connectivity index (χ0n) is 12.8. The van der Waals surface area contributed by atoms with Crippen LogP contribution in [0.25, 0.3) is 54.5 Å². The van der Waals surface area contributed by atoms with Crippen molar-refractivity contribution in [2.24, 2.45) is 0 Å². The molecule has 0 saturated heterocycles. The number of hydrogen-bond acceptors (Lipinski definition) is 1. The van der Waals surface area contributed by atoms with Gasteiger partial charge in [-0.25, -0.2) is 0 Å². The van der Waals surface area contributed by atoms with Gasteiger partial charge in [-0.3, -0.25) is 0 Å². The molecule has 2 heterocycles. The van der Waals surface area contributed by atoms with Gasteiger partial charge in [0.15, 0.2) is 0 Å². The first kappa shape index (κ1) is 12.2. The van der Waals surface area contributed by atoms with Crippen molar-refractivity contribution in [2.75, 3.05) is 0 Å². The number of benzene rings is 4. The minimum Gasteiger partial charge on any atom is -0.455 e. The van der Waals surface area contributed by atoms with E-state index in [1.54, 1.807) is 0 Å². The molecule has 1 N–H and O–H groups in total. The lowest BCUT2D eigenvalue weighted by molar-refractivity contribution is 0.673. The fraction of sp³-hybridized carbons (Fsp3) is 0. The van der Waals surface area contributed by atoms with Crippen molar-refractivity contribution in [1.29, 1.82) is 0 Å². The summed E-state index contributed by atoms with van der Waals surface area (Å²) < 4.78 is 6.32. The number of H-pyrrole nitrogens is 1. The largest absolute Gasteiger partial charge is 0.455 e. The molecule has 0 aliphatic carbocycles. The van der Waals surface area contributed by atoms with E-state index in [9.17, 15) is 0 Å². The standard InChI is InChI=1S/C22H13NO/c1-2-8-14-13(7-1)19-16-10-4-6-12-18(16)24-22(19)20-15-9-3-5-11-17(15)23-21(14)20/h1-12,23H. The van der Waals surface area contributed by atoms with Gasteiger partial charge in [-0.1, -0.05) is 60.7 Å². The summed E-state index contributed by atoms with van der Waals surface area (Å²) in [6.07, 6.45) is 0. The van der Waals surface area contributed by atoms with E-state index in [0.29, 0.717) is 0 Å². The molecule has 0 aliphatic rings. The summed E-state index contributed by atoms with van der Waals surface area (Å²) in [5.41, 5.74) is 4.21. The third-order valence-corrected chi connectivity index (χ3v) is 4.99. The second-order valence-electron chi connectivity index (χ2n) is 6.27. The van der Waals surface area contributed by atoms with Crippen LogP contribution in [0.3, 0.4) is 0 Å². The Morgan fingerprint density at radius 3 is 2.12 bits per heavy atom. The molecule has 0 unspecified atom stereocenters. The van der Waals surface area contributed by atoms with Crippen molar-refractivity contribution >= 4 is 54.5 Å². The quantitative estimate of drug-likeness (QED) is 0.347. The van der Waals surface area contributed by atoms with Gasteiger partial charge in [0.2, 0.25) is 0 Å². The second kappa shape index (κ2) is 4.18. The van der Waals surface area contributed by atoms with Crippen molar-refractivity contribution < 1.29 is 4.42 Å². The molecule has 112 valence electrons. The number of furan rings is 1. The van der Waals surface area contributed by atoms with Gasteiger partial charge in [0.05, 0.1) is 10.9 Å². The first-order chi connectivity index (χ1) is 11.9. The fourth-order valence-corrected chi connectivity index (χ4v) is 3.99. The molecule has 0 atom stereocenters. The Bertz CT molecular complexity index is 1400. The van der Waals surface area contributed by atoms with Gasteiger partial charge in [0, 0.05) is 27.1 Å². The first-order valence-electron chi connectivity index (χ1n) is 8.14. The third kappa shape index (κ3) is 1.36. The van der Waals surface area contributed by atoms with Gasteiger partial charge in [-0.2, -0.15) is 0 Å². The highest BCUT2D eigenvalue weighted by Gasteiger charge is 2.18. The molecule has 0 amide bonds. The Labute approximate surface area is 137 Å². The number of aromatic nitrogens is 1. The van der Waals surface area contributed by atoms with E-state index in [1.165, 1.54) is 32.3 Å². The fourth-order valence-electron chi connectivity index (χ4n) is 3.99. The van der Waals surface area contributed by atoms with Crippen LogP contribution in [-0.2, 0) is 0 Å². The van der Waals surface area contributed by atoms with Crippen LogP contribution in [0.15, 0.2) is 77.2 Å². The Balaban J connectivity index is 2.08. The molecule has 6 rings (SSSR count). The van der Waals surface area contributed by atoms with E-state index in [2.05, 4.69) is 65.6 Å². The van der Waals surface area contributed by atoms with Crippen LogP contribution in [0, 0.1) is 0 Å². The molecule has 0 aliphatic heterocycles. The van der Waals surface area contributed by atoms with E-state index in [0.717, 1.165) is 22.2 Å². The Morgan fingerprint density at radius 2 is 1.25 bits per heavy atom. The van der Waals surface area contributed by atoms with Crippen molar-refractivity contribution in [3.05, 3.63) is 72.8 Å². The molecule has 2 heteroatoms. The van der Waals surface area contributed by atoms with Crippen molar-refractivity contribution in [1.82, 2.24) is 4.98 Å². The Kier molecular flexibility index (Phi) is 2.12. The molecule has 6 aromatic rings. The highest BCUT2D eigenvalue weighted by Crippen LogP contribution is 2.42. The topological polar surface area (TPSA) is 28.9 Å². The molecule has 4 aromatic carbocycles. The molecule has 0 saturated carbocycles. The molecule has 0 fully saturated rings. The van der Waals surface area contributed by atoms with Crippen LogP contribution >= 0.6 is 0 Å². The highest BCUT2D eigenvalue weighted by atomic mass is 16.3. The van der Waals surface area contributed by atoms with Crippen molar-refractivity contribution in [3.8, 4) is 0 Å². The van der Waals surface area contributed by atoms with Crippen LogP contribution in [0.1, 0.15) is 0 Å². The van der Waals surface area contributed by atoms with Gasteiger partial charge in [-0.15, -0.1) is 0 Å². The lowest BCUT2D eigenvalue weighted by Gasteiger charge is -2.02. The minimum atomic E-state index is 0.940. The van der Waals surface area contributed by atoms with Gasteiger partial charge >= 0.3 is 0 Å². The molecular formula is C22H13NO. The number of para-hydroxylation sites is 2. The number of rotatable bonds is 0. The maximum atomic E-state index is 6.32. The minimum absolute atomic E-state index is 0.940. The maximum absolute atomic E-state index is 6.32. The molecule has 2 aromatic heterocycles. The summed E-state index contributed by atoms with van der Waals surface area (Å²) in [5.74, 6) is 0. The summed E-state index contributed by atoms with van der Waals surface area (Å²) in [7, 11) is 0. The predicted octanol–water partition coefficient (Wildman–Crippen LogP) is 6.37. The molecule has 0 spiro atoms. The third-order valence-electron chi connectivity index (χ3n) is 4.99. The summed E-state index contributed by atoms with van der Waals surface area (Å²) in [6.45, 7) is 0. The van der Waals surface area contributed by atoms with Crippen LogP contribution in [0.5, 0.6) is 0 Å². The number of fused-ring (bicyclic) bond motifs is 10. The molecular weight excluding hydrogens is 294 g/mol. The summed E-state index contributed by atoms with van der Waals surface area (Å²) in [4.78, 5) is 3.60. The van der Waals surface area contributed by atoms with Crippen molar-refractivity contribution in [3.63, 3.8) is 0 Å². The lowest BCUT2D eigenvalue weighted by Crippen LogP contribution is -1.78. The second-order valence-corrected chi connectivity index (χ2v) is 6.27. The van der Waals surface area contributed by atoms with Crippen LogP contribution < -0.4 is 0 Å². The normalized spacial score (nSPS) is 12.2. The smallest absolute Gasteiger partial charge is 0.146 e. The molecule has 2 nitrogen and oxygen atoms in total. The molecule has 24 heavy (non-hydrogen) atoms. The van der Waals surface area contributed by atoms with E-state index >= 15 is 0 Å². The van der Waals surface area contributed by atoms with Gasteiger partial charge in [-0.05, 0) is 17.5 Å². The summed E-state index contributed by atoms with van der Waals surface area (Å²) in [6, 6.07) is 25.3. The van der Waals surface area contributed by atoms with E-state index in [4.69, 9.17) is 4.42 Å². The van der Waals surface area contributed by atoms with E-state index in [-0.39, 0.29) is 0 Å². The maximum Gasteiger partial charge on any atom is 0.146 e. The van der Waals surface area contributed by atoms with Gasteiger partial charge in [0.25, 0.3) is 0 Å². The Morgan fingerprint density at radius 1 is 0.583 bits per heavy atom. The van der Waals surface area contributed by atoms with Gasteiger partial charge in [0.1, 0.15) is 11.2 Å². The zero-order valence-corrected chi connectivity index (χ0v) is 12.8. The number of aromatic amines is 1. The average Bonchev–Trinajstić information content (AvgIpc) is 3.20. The van der Waals surface area contributed by atoms with E-state index < -0.39 is 0 Å². The van der Waals surface area contributed by atoms with Crippen molar-refractivity contribution in [2.45, 2.75) is 0 Å². The first-order valence-corrected chi connectivity index (χ1v) is 8.14. The van der Waals surface area contributed by atoms with Gasteiger partial charge < -0.3 is 9.40 Å². The summed E-state index contributed by atoms with van der Waals surface area (Å²) in [5, 5.41) is 7.24. The van der Waals surface area contributed by atoms with Crippen LogP contribution in [0.2, 0.25) is 0 Å². The average molecular weight is 307 g/mol. The van der Waals surface area contributed by atoms with E-state index in [1.807, 2.05) is 12.1 Å². The lowest BCUT2D eigenvalue weighted by atomic mass is 10.00. The SMILES string of the molecule is c1ccc2c(c1)[nH]c1c3ccccc3c3c4ccccc4oc3c21. The Hall–Kier alpha value is -3.26. The highest BCUT2D eigenvalue weighted by molar-refractivity contribution is 6.34. The monoisotopic (exact) mass is 307 g/mol. The summed E-state index contributed by atoms with van der Waals surface area (Å²) >= 11 is 0. The predicted molar refractivity (Wildman–Crippen MR) is 101 cm³/mol.